The van der Waals surface area contributed by atoms with Crippen molar-refractivity contribution in [3.63, 3.8) is 0 Å². The molecule has 2 N–H and O–H groups in total. The van der Waals surface area contributed by atoms with E-state index >= 15 is 0 Å². The Balaban J connectivity index is 1.45. The minimum absolute atomic E-state index is 0.0762. The first-order valence-electron chi connectivity index (χ1n) is 10.7. The molecule has 1 aliphatic rings. The lowest BCUT2D eigenvalue weighted by atomic mass is 9.88. The summed E-state index contributed by atoms with van der Waals surface area (Å²) >= 11 is 0. The topological polar surface area (TPSA) is 63.1 Å². The first-order valence-corrected chi connectivity index (χ1v) is 10.7. The maximum atomic E-state index is 14.3. The number of hydrogen-bond donors (Lipinski definition) is 2. The fourth-order valence-corrected chi connectivity index (χ4v) is 4.03. The zero-order chi connectivity index (χ0) is 21.6. The van der Waals surface area contributed by atoms with E-state index in [9.17, 15) is 14.0 Å². The van der Waals surface area contributed by atoms with Gasteiger partial charge in [-0.15, -0.1) is 0 Å². The van der Waals surface area contributed by atoms with Gasteiger partial charge in [-0.25, -0.2) is 4.39 Å². The van der Waals surface area contributed by atoms with E-state index in [0.29, 0.717) is 17.9 Å². The maximum absolute atomic E-state index is 14.3. The first-order chi connectivity index (χ1) is 15.1. The van der Waals surface area contributed by atoms with Gasteiger partial charge in [-0.05, 0) is 48.7 Å². The molecule has 1 saturated carbocycles. The van der Waals surface area contributed by atoms with Crippen molar-refractivity contribution in [3.8, 4) is 0 Å². The van der Waals surface area contributed by atoms with Gasteiger partial charge in [0.05, 0.1) is 5.69 Å². The van der Waals surface area contributed by atoms with Crippen LogP contribution in [0.25, 0.3) is 0 Å². The smallest absolute Gasteiger partial charge is 0.272 e. The van der Waals surface area contributed by atoms with Gasteiger partial charge in [-0.1, -0.05) is 49.6 Å². The molecule has 0 aliphatic heterocycles. The highest BCUT2D eigenvalue weighted by Crippen LogP contribution is 2.27. The summed E-state index contributed by atoms with van der Waals surface area (Å²) < 4.78 is 16.1. The molecule has 0 saturated heterocycles. The highest BCUT2D eigenvalue weighted by atomic mass is 19.1. The van der Waals surface area contributed by atoms with Gasteiger partial charge in [0.1, 0.15) is 11.5 Å². The monoisotopic (exact) mass is 419 g/mol. The van der Waals surface area contributed by atoms with Crippen molar-refractivity contribution < 1.29 is 14.0 Å². The van der Waals surface area contributed by atoms with Crippen LogP contribution < -0.4 is 10.6 Å². The molecule has 0 unspecified atom stereocenters. The van der Waals surface area contributed by atoms with Crippen molar-refractivity contribution in [1.82, 2.24) is 4.57 Å². The van der Waals surface area contributed by atoms with Gasteiger partial charge >= 0.3 is 0 Å². The molecule has 31 heavy (non-hydrogen) atoms. The lowest BCUT2D eigenvalue weighted by Crippen LogP contribution is -2.25. The Morgan fingerprint density at radius 1 is 0.935 bits per heavy atom. The SMILES string of the molecule is O=C(Nc1ccc(F)c(NC(=O)C2CCCCC2)c1)c1cccn1Cc1ccccc1. The van der Waals surface area contributed by atoms with Crippen LogP contribution in [0.4, 0.5) is 15.8 Å². The fourth-order valence-electron chi connectivity index (χ4n) is 4.03. The van der Waals surface area contributed by atoms with Gasteiger partial charge in [-0.2, -0.15) is 0 Å². The van der Waals surface area contributed by atoms with E-state index in [1.165, 1.54) is 18.2 Å². The number of benzene rings is 2. The molecule has 0 spiro atoms. The molecule has 4 rings (SSSR count). The molecule has 1 heterocycles. The van der Waals surface area contributed by atoms with Crippen LogP contribution in [0.2, 0.25) is 0 Å². The van der Waals surface area contributed by atoms with E-state index in [0.717, 1.165) is 37.7 Å². The summed E-state index contributed by atoms with van der Waals surface area (Å²) in [6, 6.07) is 17.7. The van der Waals surface area contributed by atoms with Gasteiger partial charge < -0.3 is 15.2 Å². The third-order valence-electron chi connectivity index (χ3n) is 5.72. The number of carbonyl (C=O) groups is 2. The van der Waals surface area contributed by atoms with E-state index in [-0.39, 0.29) is 23.4 Å². The molecule has 1 aliphatic carbocycles. The normalized spacial score (nSPS) is 14.2. The number of rotatable bonds is 6. The highest BCUT2D eigenvalue weighted by molar-refractivity contribution is 6.03. The second kappa shape index (κ2) is 9.60. The van der Waals surface area contributed by atoms with Crippen LogP contribution in [0.1, 0.15) is 48.2 Å². The molecule has 2 amide bonds. The molecule has 0 bridgehead atoms. The Morgan fingerprint density at radius 3 is 2.48 bits per heavy atom. The highest BCUT2D eigenvalue weighted by Gasteiger charge is 2.22. The van der Waals surface area contributed by atoms with Crippen molar-refractivity contribution in [2.24, 2.45) is 5.92 Å². The summed E-state index contributed by atoms with van der Waals surface area (Å²) in [5, 5.41) is 5.52. The average Bonchev–Trinajstić information content (AvgIpc) is 3.25. The zero-order valence-electron chi connectivity index (χ0n) is 17.3. The number of nitrogens with one attached hydrogen (secondary N) is 2. The van der Waals surface area contributed by atoms with Gasteiger partial charge in [-0.3, -0.25) is 9.59 Å². The van der Waals surface area contributed by atoms with Crippen molar-refractivity contribution in [2.45, 2.75) is 38.6 Å². The summed E-state index contributed by atoms with van der Waals surface area (Å²) in [5.41, 5.74) is 2.11. The zero-order valence-corrected chi connectivity index (χ0v) is 17.3. The molecule has 2 aromatic carbocycles. The predicted octanol–water partition coefficient (Wildman–Crippen LogP) is 5.45. The molecule has 160 valence electrons. The molecule has 1 aromatic heterocycles. The van der Waals surface area contributed by atoms with Crippen molar-refractivity contribution in [1.29, 1.82) is 0 Å². The number of carbonyl (C=O) groups excluding carboxylic acids is 2. The van der Waals surface area contributed by atoms with Gasteiger partial charge in [0.15, 0.2) is 0 Å². The quantitative estimate of drug-likeness (QED) is 0.558. The number of amides is 2. The van der Waals surface area contributed by atoms with Crippen LogP contribution in [0.15, 0.2) is 66.9 Å². The second-order valence-electron chi connectivity index (χ2n) is 7.98. The van der Waals surface area contributed by atoms with Crippen LogP contribution in [0, 0.1) is 11.7 Å². The van der Waals surface area contributed by atoms with Crippen LogP contribution in [0.5, 0.6) is 0 Å². The molecule has 0 atom stereocenters. The standard InChI is InChI=1S/C25H26FN3O2/c26-21-14-13-20(16-22(21)28-24(30)19-10-5-2-6-11-19)27-25(31)23-12-7-15-29(23)17-18-8-3-1-4-9-18/h1,3-4,7-9,12-16,19H,2,5-6,10-11,17H2,(H,27,31)(H,28,30). The first kappa shape index (κ1) is 20.8. The summed E-state index contributed by atoms with van der Waals surface area (Å²) in [6.07, 6.45) is 6.72. The summed E-state index contributed by atoms with van der Waals surface area (Å²) in [5.74, 6) is -1.04. The minimum Gasteiger partial charge on any atom is -0.339 e. The van der Waals surface area contributed by atoms with Crippen LogP contribution in [-0.4, -0.2) is 16.4 Å². The molecular weight excluding hydrogens is 393 g/mol. The molecular formula is C25H26FN3O2. The summed E-state index contributed by atoms with van der Waals surface area (Å²) in [7, 11) is 0. The van der Waals surface area contributed by atoms with Crippen LogP contribution in [0.3, 0.4) is 0 Å². The van der Waals surface area contributed by atoms with E-state index in [2.05, 4.69) is 10.6 Å². The van der Waals surface area contributed by atoms with Crippen molar-refractivity contribution in [3.05, 3.63) is 83.9 Å². The Bertz CT molecular complexity index is 1060. The Hall–Kier alpha value is -3.41. The second-order valence-corrected chi connectivity index (χ2v) is 7.98. The molecule has 6 heteroatoms. The number of anilines is 2. The Kier molecular flexibility index (Phi) is 6.46. The molecule has 1 fully saturated rings. The van der Waals surface area contributed by atoms with Gasteiger partial charge in [0.25, 0.3) is 5.91 Å². The number of halogens is 1. The molecule has 5 nitrogen and oxygen atoms in total. The summed E-state index contributed by atoms with van der Waals surface area (Å²) in [4.78, 5) is 25.3. The fraction of sp³-hybridized carbons (Fsp3) is 0.280. The van der Waals surface area contributed by atoms with E-state index in [1.54, 1.807) is 6.07 Å². The van der Waals surface area contributed by atoms with Gasteiger partial charge in [0.2, 0.25) is 5.91 Å². The lowest BCUT2D eigenvalue weighted by Gasteiger charge is -2.21. The summed E-state index contributed by atoms with van der Waals surface area (Å²) in [6.45, 7) is 0.572. The van der Waals surface area contributed by atoms with E-state index in [4.69, 9.17) is 0 Å². The largest absolute Gasteiger partial charge is 0.339 e. The van der Waals surface area contributed by atoms with Crippen LogP contribution in [-0.2, 0) is 11.3 Å². The van der Waals surface area contributed by atoms with Crippen LogP contribution >= 0.6 is 0 Å². The lowest BCUT2D eigenvalue weighted by molar-refractivity contribution is -0.120. The number of hydrogen-bond acceptors (Lipinski definition) is 2. The Labute approximate surface area is 181 Å². The minimum atomic E-state index is -0.519. The van der Waals surface area contributed by atoms with E-state index < -0.39 is 5.82 Å². The average molecular weight is 420 g/mol. The molecule has 3 aromatic rings. The number of aromatic nitrogens is 1. The molecule has 0 radical (unpaired) electrons. The maximum Gasteiger partial charge on any atom is 0.272 e. The van der Waals surface area contributed by atoms with Gasteiger partial charge in [0, 0.05) is 24.3 Å². The van der Waals surface area contributed by atoms with Crippen molar-refractivity contribution >= 4 is 23.2 Å². The third kappa shape index (κ3) is 5.20. The predicted molar refractivity (Wildman–Crippen MR) is 120 cm³/mol. The third-order valence-corrected chi connectivity index (χ3v) is 5.72. The Morgan fingerprint density at radius 2 is 1.71 bits per heavy atom. The van der Waals surface area contributed by atoms with Crippen molar-refractivity contribution in [2.75, 3.05) is 10.6 Å². The number of nitrogens with zero attached hydrogens (tertiary/aromatic N) is 1. The van der Waals surface area contributed by atoms with E-state index in [1.807, 2.05) is 47.2 Å².